The zero-order valence-electron chi connectivity index (χ0n) is 24.5. The van der Waals surface area contributed by atoms with Gasteiger partial charge in [-0.15, -0.1) is 0 Å². The van der Waals surface area contributed by atoms with Crippen LogP contribution in [-0.4, -0.2) is 43.3 Å². The van der Waals surface area contributed by atoms with E-state index in [-0.39, 0.29) is 29.5 Å². The minimum absolute atomic E-state index is 0.0203. The largest absolute Gasteiger partial charge is 0.350 e. The van der Waals surface area contributed by atoms with Crippen molar-refractivity contribution in [2.45, 2.75) is 50.2 Å². The summed E-state index contributed by atoms with van der Waals surface area (Å²) < 4.78 is 42.6. The van der Waals surface area contributed by atoms with E-state index < -0.39 is 39.9 Å². The summed E-state index contributed by atoms with van der Waals surface area (Å²) in [4.78, 5) is 29.6. The fourth-order valence-electron chi connectivity index (χ4n) is 4.64. The first-order valence-electron chi connectivity index (χ1n) is 14.0. The second-order valence-corrected chi connectivity index (χ2v) is 13.1. The first-order valence-corrected chi connectivity index (χ1v) is 15.4. The molecular formula is C34H36FN3O4S. The molecule has 0 aliphatic carbocycles. The van der Waals surface area contributed by atoms with Gasteiger partial charge in [0, 0.05) is 18.5 Å². The van der Waals surface area contributed by atoms with Gasteiger partial charge in [-0.25, -0.2) is 12.8 Å². The van der Waals surface area contributed by atoms with E-state index in [9.17, 15) is 22.4 Å². The minimum Gasteiger partial charge on any atom is -0.350 e. The number of hydrogen-bond donors (Lipinski definition) is 1. The second-order valence-electron chi connectivity index (χ2n) is 11.3. The molecule has 0 aliphatic heterocycles. The van der Waals surface area contributed by atoms with E-state index in [4.69, 9.17) is 0 Å². The lowest BCUT2D eigenvalue weighted by molar-refractivity contribution is -0.140. The molecule has 0 saturated heterocycles. The number of hydrogen-bond acceptors (Lipinski definition) is 4. The minimum atomic E-state index is -4.24. The summed E-state index contributed by atoms with van der Waals surface area (Å²) in [6, 6.07) is 30.3. The van der Waals surface area contributed by atoms with Crippen LogP contribution in [0.3, 0.4) is 0 Å². The van der Waals surface area contributed by atoms with Crippen molar-refractivity contribution in [3.63, 3.8) is 0 Å². The van der Waals surface area contributed by atoms with E-state index in [1.54, 1.807) is 18.2 Å². The van der Waals surface area contributed by atoms with Gasteiger partial charge < -0.3 is 10.2 Å². The number of anilines is 1. The van der Waals surface area contributed by atoms with Gasteiger partial charge in [0.05, 0.1) is 10.6 Å². The first kappa shape index (κ1) is 31.4. The topological polar surface area (TPSA) is 86.8 Å². The fraction of sp³-hybridized carbons (Fsp3) is 0.235. The highest BCUT2D eigenvalue weighted by atomic mass is 32.2. The quantitative estimate of drug-likeness (QED) is 0.243. The lowest BCUT2D eigenvalue weighted by atomic mass is 10.0. The molecule has 0 heterocycles. The van der Waals surface area contributed by atoms with Gasteiger partial charge in [-0.05, 0) is 68.3 Å². The van der Waals surface area contributed by atoms with Gasteiger partial charge in [-0.3, -0.25) is 13.9 Å². The van der Waals surface area contributed by atoms with E-state index in [0.29, 0.717) is 0 Å². The first-order chi connectivity index (χ1) is 20.4. The summed E-state index contributed by atoms with van der Waals surface area (Å²) in [5.41, 5.74) is 1.16. The molecule has 43 heavy (non-hydrogen) atoms. The SMILES string of the molecule is CC(C)(C)NC(=O)[C@H](Cc1ccccc1)N(Cc1ccccc1)C(=O)CN(c1ccc(F)cc1)S(=O)(=O)c1ccccc1. The molecular weight excluding hydrogens is 565 g/mol. The normalized spacial score (nSPS) is 12.3. The Labute approximate surface area is 253 Å². The van der Waals surface area contributed by atoms with E-state index in [1.165, 1.54) is 29.2 Å². The maximum atomic E-state index is 14.3. The van der Waals surface area contributed by atoms with Gasteiger partial charge in [0.2, 0.25) is 11.8 Å². The molecule has 4 aromatic carbocycles. The number of nitrogens with zero attached hydrogens (tertiary/aromatic N) is 2. The summed E-state index contributed by atoms with van der Waals surface area (Å²) in [6.45, 7) is 5.03. The number of halogens is 1. The smallest absolute Gasteiger partial charge is 0.264 e. The summed E-state index contributed by atoms with van der Waals surface area (Å²) in [7, 11) is -4.24. The van der Waals surface area contributed by atoms with Crippen LogP contribution in [0.1, 0.15) is 31.9 Å². The second kappa shape index (κ2) is 13.6. The summed E-state index contributed by atoms with van der Waals surface area (Å²) in [6.07, 6.45) is 0.212. The Morgan fingerprint density at radius 3 is 1.81 bits per heavy atom. The molecule has 0 saturated carbocycles. The molecule has 0 aliphatic rings. The van der Waals surface area contributed by atoms with Gasteiger partial charge in [-0.1, -0.05) is 78.9 Å². The van der Waals surface area contributed by atoms with Gasteiger partial charge in [0.1, 0.15) is 18.4 Å². The number of carbonyl (C=O) groups is 2. The standard InChI is InChI=1S/C34H36FN3O4S/c1-34(2,3)36-33(40)31(23-26-13-7-4-8-14-26)37(24-27-15-9-5-10-16-27)32(39)25-38(29-21-19-28(35)20-22-29)43(41,42)30-17-11-6-12-18-30/h4-22,31H,23-25H2,1-3H3,(H,36,40)/t31-/m0/s1. The number of rotatable bonds is 11. The van der Waals surface area contributed by atoms with Crippen LogP contribution in [0.15, 0.2) is 120 Å². The van der Waals surface area contributed by atoms with Crippen molar-refractivity contribution in [2.75, 3.05) is 10.8 Å². The molecule has 0 aromatic heterocycles. The van der Waals surface area contributed by atoms with Crippen LogP contribution in [-0.2, 0) is 32.6 Å². The van der Waals surface area contributed by atoms with Crippen molar-refractivity contribution in [3.05, 3.63) is 132 Å². The van der Waals surface area contributed by atoms with Crippen molar-refractivity contribution >= 4 is 27.5 Å². The third-order valence-corrected chi connectivity index (χ3v) is 8.48. The molecule has 1 N–H and O–H groups in total. The molecule has 0 fully saturated rings. The lowest BCUT2D eigenvalue weighted by Crippen LogP contribution is -2.56. The van der Waals surface area contributed by atoms with Crippen LogP contribution >= 0.6 is 0 Å². The summed E-state index contributed by atoms with van der Waals surface area (Å²) in [5.74, 6) is -1.49. The molecule has 0 spiro atoms. The highest BCUT2D eigenvalue weighted by Crippen LogP contribution is 2.25. The maximum Gasteiger partial charge on any atom is 0.264 e. The van der Waals surface area contributed by atoms with Crippen molar-refractivity contribution in [1.29, 1.82) is 0 Å². The summed E-state index contributed by atoms with van der Waals surface area (Å²) in [5, 5.41) is 3.00. The zero-order chi connectivity index (χ0) is 31.0. The molecule has 0 bridgehead atoms. The van der Waals surface area contributed by atoms with Gasteiger partial charge >= 0.3 is 0 Å². The highest BCUT2D eigenvalue weighted by Gasteiger charge is 2.35. The predicted molar refractivity (Wildman–Crippen MR) is 166 cm³/mol. The molecule has 224 valence electrons. The summed E-state index contributed by atoms with van der Waals surface area (Å²) >= 11 is 0. The van der Waals surface area contributed by atoms with E-state index >= 15 is 0 Å². The third-order valence-electron chi connectivity index (χ3n) is 6.69. The Kier molecular flexibility index (Phi) is 9.98. The number of nitrogens with one attached hydrogen (secondary N) is 1. The fourth-order valence-corrected chi connectivity index (χ4v) is 6.08. The van der Waals surface area contributed by atoms with E-state index in [0.717, 1.165) is 27.6 Å². The maximum absolute atomic E-state index is 14.3. The Balaban J connectivity index is 1.79. The van der Waals surface area contributed by atoms with Crippen LogP contribution < -0.4 is 9.62 Å². The average Bonchev–Trinajstić information content (AvgIpc) is 2.98. The molecule has 4 aromatic rings. The van der Waals surface area contributed by atoms with Gasteiger partial charge in [0.15, 0.2) is 0 Å². The molecule has 4 rings (SSSR count). The van der Waals surface area contributed by atoms with Crippen molar-refractivity contribution in [2.24, 2.45) is 0 Å². The monoisotopic (exact) mass is 601 g/mol. The van der Waals surface area contributed by atoms with Crippen LogP contribution in [0.25, 0.3) is 0 Å². The Morgan fingerprint density at radius 1 is 0.767 bits per heavy atom. The van der Waals surface area contributed by atoms with Crippen LogP contribution in [0.2, 0.25) is 0 Å². The zero-order valence-corrected chi connectivity index (χ0v) is 25.3. The third kappa shape index (κ3) is 8.51. The highest BCUT2D eigenvalue weighted by molar-refractivity contribution is 7.92. The van der Waals surface area contributed by atoms with Crippen LogP contribution in [0.4, 0.5) is 10.1 Å². The number of amides is 2. The average molecular weight is 602 g/mol. The molecule has 0 radical (unpaired) electrons. The van der Waals surface area contributed by atoms with Crippen molar-refractivity contribution in [1.82, 2.24) is 10.2 Å². The van der Waals surface area contributed by atoms with Crippen LogP contribution in [0.5, 0.6) is 0 Å². The molecule has 7 nitrogen and oxygen atoms in total. The number of benzene rings is 4. The van der Waals surface area contributed by atoms with Crippen molar-refractivity contribution < 1.29 is 22.4 Å². The van der Waals surface area contributed by atoms with E-state index in [2.05, 4.69) is 5.32 Å². The number of sulfonamides is 1. The molecule has 0 unspecified atom stereocenters. The lowest BCUT2D eigenvalue weighted by Gasteiger charge is -2.35. The predicted octanol–water partition coefficient (Wildman–Crippen LogP) is 5.58. The Hall–Kier alpha value is -4.50. The Bertz CT molecular complexity index is 1610. The molecule has 2 amide bonds. The Morgan fingerprint density at radius 2 is 1.28 bits per heavy atom. The number of carbonyl (C=O) groups excluding carboxylic acids is 2. The molecule has 9 heteroatoms. The van der Waals surface area contributed by atoms with Gasteiger partial charge in [-0.2, -0.15) is 0 Å². The molecule has 1 atom stereocenters. The van der Waals surface area contributed by atoms with E-state index in [1.807, 2.05) is 81.4 Å². The van der Waals surface area contributed by atoms with Crippen LogP contribution in [0, 0.1) is 5.82 Å². The van der Waals surface area contributed by atoms with Gasteiger partial charge in [0.25, 0.3) is 10.0 Å². The van der Waals surface area contributed by atoms with Crippen molar-refractivity contribution in [3.8, 4) is 0 Å².